The first-order valence-electron chi connectivity index (χ1n) is 8.40. The number of hydrazone groups is 1. The summed E-state index contributed by atoms with van der Waals surface area (Å²) < 4.78 is 10.6. The number of aromatic amines is 1. The predicted molar refractivity (Wildman–Crippen MR) is 105 cm³/mol. The standard InChI is InChI=1S/C20H19N5O2/c1-26-14-5-6-15-16(9-13-3-2-4-17(23-13)20(21)25-22)19(24-18(15)10-14)12-7-8-27-11-12/h2-8,10-11,24H,9,22H2,1H3,(H2,21,25). The molecule has 0 bridgehead atoms. The number of benzene rings is 1. The molecule has 0 aliphatic carbocycles. The highest BCUT2D eigenvalue weighted by Crippen LogP contribution is 2.33. The third kappa shape index (κ3) is 3.10. The van der Waals surface area contributed by atoms with Crippen LogP contribution in [0.5, 0.6) is 5.75 Å². The molecule has 0 saturated heterocycles. The molecular formula is C20H19N5O2. The molecule has 0 unspecified atom stereocenters. The van der Waals surface area contributed by atoms with Gasteiger partial charge in [0.2, 0.25) is 0 Å². The molecule has 1 aromatic carbocycles. The number of methoxy groups -OCH3 is 1. The van der Waals surface area contributed by atoms with Crippen LogP contribution in [0.15, 0.2) is 64.5 Å². The first-order valence-corrected chi connectivity index (χ1v) is 8.40. The second kappa shape index (κ2) is 6.87. The second-order valence-electron chi connectivity index (χ2n) is 6.11. The lowest BCUT2D eigenvalue weighted by atomic mass is 10.0. The number of nitrogens with two attached hydrogens (primary N) is 2. The van der Waals surface area contributed by atoms with Crippen LogP contribution in [-0.2, 0) is 6.42 Å². The summed E-state index contributed by atoms with van der Waals surface area (Å²) in [5, 5.41) is 4.62. The zero-order valence-corrected chi connectivity index (χ0v) is 14.8. The summed E-state index contributed by atoms with van der Waals surface area (Å²) in [6, 6.07) is 13.5. The van der Waals surface area contributed by atoms with E-state index in [2.05, 4.69) is 15.1 Å². The maximum absolute atomic E-state index is 5.80. The van der Waals surface area contributed by atoms with Gasteiger partial charge in [0.1, 0.15) is 11.4 Å². The molecule has 0 spiro atoms. The van der Waals surface area contributed by atoms with Gasteiger partial charge in [0.05, 0.1) is 25.3 Å². The minimum atomic E-state index is 0.204. The number of hydrogen-bond donors (Lipinski definition) is 3. The van der Waals surface area contributed by atoms with E-state index in [0.717, 1.165) is 39.2 Å². The number of fused-ring (bicyclic) bond motifs is 1. The summed E-state index contributed by atoms with van der Waals surface area (Å²) in [6.45, 7) is 0. The molecule has 5 N–H and O–H groups in total. The Morgan fingerprint density at radius 3 is 2.89 bits per heavy atom. The van der Waals surface area contributed by atoms with Gasteiger partial charge in [-0.05, 0) is 35.9 Å². The quantitative estimate of drug-likeness (QED) is 0.219. The summed E-state index contributed by atoms with van der Waals surface area (Å²) >= 11 is 0. The number of hydrogen-bond acceptors (Lipinski definition) is 5. The minimum Gasteiger partial charge on any atom is -0.497 e. The van der Waals surface area contributed by atoms with E-state index < -0.39 is 0 Å². The van der Waals surface area contributed by atoms with Crippen LogP contribution >= 0.6 is 0 Å². The smallest absolute Gasteiger partial charge is 0.168 e. The van der Waals surface area contributed by atoms with Gasteiger partial charge in [-0.1, -0.05) is 6.07 Å². The van der Waals surface area contributed by atoms with Crippen LogP contribution in [-0.4, -0.2) is 22.9 Å². The molecule has 136 valence electrons. The molecule has 7 heteroatoms. The average Bonchev–Trinajstić information content (AvgIpc) is 3.35. The highest BCUT2D eigenvalue weighted by molar-refractivity contribution is 5.95. The fraction of sp³-hybridized carbons (Fsp3) is 0.100. The summed E-state index contributed by atoms with van der Waals surface area (Å²) in [6.07, 6.45) is 3.98. The van der Waals surface area contributed by atoms with Gasteiger partial charge in [-0.3, -0.25) is 0 Å². The third-order valence-electron chi connectivity index (χ3n) is 4.49. The molecule has 3 aromatic heterocycles. The summed E-state index contributed by atoms with van der Waals surface area (Å²) in [7, 11) is 1.65. The number of pyridine rings is 1. The third-order valence-corrected chi connectivity index (χ3v) is 4.49. The Bertz CT molecular complexity index is 1110. The molecule has 0 fully saturated rings. The molecule has 0 amide bonds. The van der Waals surface area contributed by atoms with Crippen molar-refractivity contribution in [3.05, 3.63) is 71.9 Å². The molecule has 4 aromatic rings. The van der Waals surface area contributed by atoms with Crippen LogP contribution in [0.2, 0.25) is 0 Å². The largest absolute Gasteiger partial charge is 0.497 e. The van der Waals surface area contributed by atoms with Crippen LogP contribution < -0.4 is 16.3 Å². The first kappa shape index (κ1) is 16.7. The molecule has 7 nitrogen and oxygen atoms in total. The van der Waals surface area contributed by atoms with Crippen molar-refractivity contribution in [2.45, 2.75) is 6.42 Å². The zero-order valence-electron chi connectivity index (χ0n) is 14.8. The first-order chi connectivity index (χ1) is 13.2. The van der Waals surface area contributed by atoms with Crippen molar-refractivity contribution in [3.63, 3.8) is 0 Å². The van der Waals surface area contributed by atoms with Gasteiger partial charge >= 0.3 is 0 Å². The molecule has 0 aliphatic heterocycles. The number of amidine groups is 1. The van der Waals surface area contributed by atoms with Crippen LogP contribution in [0.25, 0.3) is 22.2 Å². The minimum absolute atomic E-state index is 0.204. The van der Waals surface area contributed by atoms with E-state index in [0.29, 0.717) is 12.1 Å². The topological polar surface area (TPSA) is 115 Å². The van der Waals surface area contributed by atoms with Crippen LogP contribution in [0, 0.1) is 0 Å². The maximum atomic E-state index is 5.80. The van der Waals surface area contributed by atoms with Crippen molar-refractivity contribution < 1.29 is 9.15 Å². The molecule has 27 heavy (non-hydrogen) atoms. The van der Waals surface area contributed by atoms with Gasteiger partial charge < -0.3 is 25.7 Å². The van der Waals surface area contributed by atoms with Crippen molar-refractivity contribution >= 4 is 16.7 Å². The van der Waals surface area contributed by atoms with Gasteiger partial charge in [0.15, 0.2) is 5.84 Å². The normalized spacial score (nSPS) is 11.8. The van der Waals surface area contributed by atoms with Crippen molar-refractivity contribution in [2.24, 2.45) is 16.7 Å². The van der Waals surface area contributed by atoms with Gasteiger partial charge in [-0.2, -0.15) is 5.10 Å². The molecular weight excluding hydrogens is 342 g/mol. The lowest BCUT2D eigenvalue weighted by molar-refractivity contribution is 0.415. The van der Waals surface area contributed by atoms with E-state index in [9.17, 15) is 0 Å². The Kier molecular flexibility index (Phi) is 4.25. The SMILES string of the molecule is COc1ccc2c(Cc3cccc(/C(N)=N/N)n3)c(-c3ccoc3)[nH]c2c1. The van der Waals surface area contributed by atoms with Gasteiger partial charge in [-0.15, -0.1) is 0 Å². The highest BCUT2D eigenvalue weighted by atomic mass is 16.5. The lowest BCUT2D eigenvalue weighted by Gasteiger charge is -2.06. The Morgan fingerprint density at radius 2 is 2.15 bits per heavy atom. The van der Waals surface area contributed by atoms with Gasteiger partial charge in [-0.25, -0.2) is 4.98 Å². The molecule has 0 saturated carbocycles. The second-order valence-corrected chi connectivity index (χ2v) is 6.11. The van der Waals surface area contributed by atoms with E-state index >= 15 is 0 Å². The number of H-pyrrole nitrogens is 1. The molecule has 0 aliphatic rings. The van der Waals surface area contributed by atoms with E-state index in [1.165, 1.54) is 0 Å². The Balaban J connectivity index is 1.84. The maximum Gasteiger partial charge on any atom is 0.168 e. The van der Waals surface area contributed by atoms with E-state index in [-0.39, 0.29) is 5.84 Å². The van der Waals surface area contributed by atoms with E-state index in [1.807, 2.05) is 36.4 Å². The van der Waals surface area contributed by atoms with Gasteiger partial charge in [0.25, 0.3) is 0 Å². The molecule has 0 atom stereocenters. The molecule has 3 heterocycles. The zero-order chi connectivity index (χ0) is 18.8. The monoisotopic (exact) mass is 361 g/mol. The average molecular weight is 361 g/mol. The van der Waals surface area contributed by atoms with Crippen molar-refractivity contribution in [2.75, 3.05) is 7.11 Å². The Labute approximate surface area is 155 Å². The lowest BCUT2D eigenvalue weighted by Crippen LogP contribution is -2.17. The molecule has 4 rings (SSSR count). The van der Waals surface area contributed by atoms with Crippen LogP contribution in [0.4, 0.5) is 0 Å². The number of aromatic nitrogens is 2. The summed E-state index contributed by atoms with van der Waals surface area (Å²) in [4.78, 5) is 8.06. The number of furan rings is 1. The number of ether oxygens (including phenoxy) is 1. The summed E-state index contributed by atoms with van der Waals surface area (Å²) in [5.41, 5.74) is 11.3. The van der Waals surface area contributed by atoms with E-state index in [1.54, 1.807) is 25.7 Å². The Morgan fingerprint density at radius 1 is 1.26 bits per heavy atom. The fourth-order valence-electron chi connectivity index (χ4n) is 3.17. The predicted octanol–water partition coefficient (Wildman–Crippen LogP) is 3.00. The van der Waals surface area contributed by atoms with Crippen molar-refractivity contribution in [1.29, 1.82) is 0 Å². The van der Waals surface area contributed by atoms with Gasteiger partial charge in [0, 0.05) is 34.6 Å². The van der Waals surface area contributed by atoms with Crippen molar-refractivity contribution in [3.8, 4) is 17.0 Å². The number of nitrogens with one attached hydrogen (secondary N) is 1. The fourth-order valence-corrected chi connectivity index (χ4v) is 3.17. The van der Waals surface area contributed by atoms with E-state index in [4.69, 9.17) is 20.7 Å². The number of rotatable bonds is 5. The summed E-state index contributed by atoms with van der Waals surface area (Å²) in [5.74, 6) is 6.27. The van der Waals surface area contributed by atoms with Crippen molar-refractivity contribution in [1.82, 2.24) is 9.97 Å². The van der Waals surface area contributed by atoms with Crippen LogP contribution in [0.1, 0.15) is 17.0 Å². The van der Waals surface area contributed by atoms with Crippen LogP contribution in [0.3, 0.4) is 0 Å². The molecule has 0 radical (unpaired) electrons. The number of nitrogens with zero attached hydrogens (tertiary/aromatic N) is 2. The Hall–Kier alpha value is -3.74. The highest BCUT2D eigenvalue weighted by Gasteiger charge is 2.16.